The highest BCUT2D eigenvalue weighted by molar-refractivity contribution is 5.82. The Kier molecular flexibility index (Phi) is 10.1. The molecule has 0 radical (unpaired) electrons. The lowest BCUT2D eigenvalue weighted by atomic mass is 9.76. The summed E-state index contributed by atoms with van der Waals surface area (Å²) in [4.78, 5) is 21.7. The van der Waals surface area contributed by atoms with E-state index >= 15 is 0 Å². The molecule has 1 fully saturated rings. The molecule has 5 nitrogen and oxygen atoms in total. The number of piperidine rings is 1. The van der Waals surface area contributed by atoms with Crippen LogP contribution in [0.3, 0.4) is 0 Å². The fourth-order valence-electron chi connectivity index (χ4n) is 2.36. The molecule has 1 amide bonds. The number of rotatable bonds is 6. The van der Waals surface area contributed by atoms with Gasteiger partial charge in [-0.25, -0.2) is 0 Å². The van der Waals surface area contributed by atoms with Crippen molar-refractivity contribution < 1.29 is 14.3 Å². The van der Waals surface area contributed by atoms with Gasteiger partial charge in [0.2, 0.25) is 5.91 Å². The lowest BCUT2D eigenvalue weighted by Crippen LogP contribution is -2.47. The van der Waals surface area contributed by atoms with E-state index < -0.39 is 0 Å². The highest BCUT2D eigenvalue weighted by Gasteiger charge is 2.37. The highest BCUT2D eigenvalue weighted by atomic mass is 16.5. The third kappa shape index (κ3) is 8.37. The standard InChI is InChI=1S/C12H24N2O.C5H10O2/c1-3-5-8-14-11(15)12(4-2)6-9-13-10-7-12;1-5(2,3)7-4-6/h13H,3-10H2,1-2H3,(H,14,15);4H,1-3H3. The molecule has 1 aliphatic rings. The SMILES string of the molecule is CC(C)(C)OC=O.CCCCNC(=O)C1(CC)CCNCC1. The van der Waals surface area contributed by atoms with Crippen LogP contribution in [0.15, 0.2) is 0 Å². The summed E-state index contributed by atoms with van der Waals surface area (Å²) in [6.07, 6.45) is 5.17. The van der Waals surface area contributed by atoms with Crippen molar-refractivity contribution in [2.24, 2.45) is 5.41 Å². The van der Waals surface area contributed by atoms with Crippen LogP contribution in [0, 0.1) is 5.41 Å². The number of carbonyl (C=O) groups is 2. The van der Waals surface area contributed by atoms with Crippen LogP contribution in [0.25, 0.3) is 0 Å². The Morgan fingerprint density at radius 3 is 2.23 bits per heavy atom. The first-order valence-electron chi connectivity index (χ1n) is 8.42. The van der Waals surface area contributed by atoms with Crippen molar-refractivity contribution in [2.75, 3.05) is 19.6 Å². The molecule has 0 bridgehead atoms. The molecule has 2 N–H and O–H groups in total. The van der Waals surface area contributed by atoms with Crippen LogP contribution in [0.5, 0.6) is 0 Å². The predicted molar refractivity (Wildman–Crippen MR) is 89.6 cm³/mol. The van der Waals surface area contributed by atoms with E-state index in [0.717, 1.165) is 51.7 Å². The van der Waals surface area contributed by atoms with Gasteiger partial charge in [0.15, 0.2) is 0 Å². The van der Waals surface area contributed by atoms with Gasteiger partial charge in [-0.05, 0) is 59.5 Å². The Bertz CT molecular complexity index is 318. The molecule has 0 saturated carbocycles. The smallest absolute Gasteiger partial charge is 0.293 e. The summed E-state index contributed by atoms with van der Waals surface area (Å²) in [5, 5.41) is 6.39. The zero-order valence-electron chi connectivity index (χ0n) is 15.0. The summed E-state index contributed by atoms with van der Waals surface area (Å²) in [5.74, 6) is 0.278. The van der Waals surface area contributed by atoms with Gasteiger partial charge in [-0.15, -0.1) is 0 Å². The molecule has 130 valence electrons. The zero-order chi connectivity index (χ0) is 17.1. The number of unbranched alkanes of at least 4 members (excludes halogenated alkanes) is 1. The van der Waals surface area contributed by atoms with Crippen LogP contribution in [0.2, 0.25) is 0 Å². The number of amides is 1. The summed E-state index contributed by atoms with van der Waals surface area (Å²) in [5.41, 5.74) is -0.402. The van der Waals surface area contributed by atoms with Gasteiger partial charge in [0.05, 0.1) is 5.41 Å². The van der Waals surface area contributed by atoms with Crippen LogP contribution < -0.4 is 10.6 Å². The molecule has 22 heavy (non-hydrogen) atoms. The molecule has 1 heterocycles. The van der Waals surface area contributed by atoms with Crippen molar-refractivity contribution in [3.8, 4) is 0 Å². The number of hydrogen-bond donors (Lipinski definition) is 2. The molecule has 1 saturated heterocycles. The van der Waals surface area contributed by atoms with E-state index in [0.29, 0.717) is 6.47 Å². The molecular weight excluding hydrogens is 280 g/mol. The Hall–Kier alpha value is -1.10. The highest BCUT2D eigenvalue weighted by Crippen LogP contribution is 2.32. The largest absolute Gasteiger partial charge is 0.462 e. The second-order valence-corrected chi connectivity index (χ2v) is 6.82. The van der Waals surface area contributed by atoms with Crippen molar-refractivity contribution in [1.82, 2.24) is 10.6 Å². The Morgan fingerprint density at radius 2 is 1.86 bits per heavy atom. The molecule has 0 spiro atoms. The second-order valence-electron chi connectivity index (χ2n) is 6.82. The molecule has 0 aromatic rings. The number of carbonyl (C=O) groups excluding carboxylic acids is 2. The van der Waals surface area contributed by atoms with Gasteiger partial charge in [-0.3, -0.25) is 9.59 Å². The maximum Gasteiger partial charge on any atom is 0.293 e. The topological polar surface area (TPSA) is 67.4 Å². The van der Waals surface area contributed by atoms with E-state index in [9.17, 15) is 9.59 Å². The summed E-state index contributed by atoms with van der Waals surface area (Å²) in [6, 6.07) is 0. The predicted octanol–water partition coefficient (Wildman–Crippen LogP) is 2.64. The molecular formula is C17H34N2O3. The molecule has 1 rings (SSSR count). The van der Waals surface area contributed by atoms with Gasteiger partial charge >= 0.3 is 0 Å². The van der Waals surface area contributed by atoms with Gasteiger partial charge < -0.3 is 15.4 Å². The minimum atomic E-state index is -0.318. The number of ether oxygens (including phenoxy) is 1. The third-order valence-corrected chi connectivity index (χ3v) is 3.94. The maximum atomic E-state index is 12.1. The zero-order valence-corrected chi connectivity index (χ0v) is 15.0. The van der Waals surface area contributed by atoms with Gasteiger partial charge in [-0.2, -0.15) is 0 Å². The van der Waals surface area contributed by atoms with E-state index in [-0.39, 0.29) is 16.9 Å². The second kappa shape index (κ2) is 10.6. The summed E-state index contributed by atoms with van der Waals surface area (Å²) >= 11 is 0. The van der Waals surface area contributed by atoms with Crippen molar-refractivity contribution >= 4 is 12.4 Å². The van der Waals surface area contributed by atoms with E-state index in [4.69, 9.17) is 0 Å². The lowest BCUT2D eigenvalue weighted by molar-refractivity contribution is -0.138. The normalized spacial score (nSPS) is 17.0. The van der Waals surface area contributed by atoms with Crippen LogP contribution in [0.4, 0.5) is 0 Å². The average molecular weight is 314 g/mol. The summed E-state index contributed by atoms with van der Waals surface area (Å²) in [7, 11) is 0. The van der Waals surface area contributed by atoms with Gasteiger partial charge in [0.25, 0.3) is 6.47 Å². The van der Waals surface area contributed by atoms with Gasteiger partial charge in [-0.1, -0.05) is 20.3 Å². The van der Waals surface area contributed by atoms with Crippen molar-refractivity contribution in [3.05, 3.63) is 0 Å². The van der Waals surface area contributed by atoms with E-state index in [1.54, 1.807) is 0 Å². The Labute approximate surface area is 135 Å². The molecule has 0 unspecified atom stereocenters. The molecule has 0 aliphatic carbocycles. The minimum absolute atomic E-state index is 0.0843. The first-order valence-corrected chi connectivity index (χ1v) is 8.42. The fraction of sp³-hybridized carbons (Fsp3) is 0.882. The fourth-order valence-corrected chi connectivity index (χ4v) is 2.36. The first-order chi connectivity index (χ1) is 10.3. The molecule has 5 heteroatoms. The minimum Gasteiger partial charge on any atom is -0.462 e. The van der Waals surface area contributed by atoms with E-state index in [2.05, 4.69) is 29.2 Å². The van der Waals surface area contributed by atoms with Crippen LogP contribution in [-0.2, 0) is 14.3 Å². The number of hydrogen-bond acceptors (Lipinski definition) is 4. The van der Waals surface area contributed by atoms with Crippen molar-refractivity contribution in [2.45, 2.75) is 72.3 Å². The first kappa shape index (κ1) is 20.9. The molecule has 0 atom stereocenters. The lowest BCUT2D eigenvalue weighted by Gasteiger charge is -2.35. The molecule has 1 aliphatic heterocycles. The van der Waals surface area contributed by atoms with Crippen LogP contribution in [0.1, 0.15) is 66.7 Å². The van der Waals surface area contributed by atoms with E-state index in [1.165, 1.54) is 0 Å². The molecule has 0 aromatic heterocycles. The average Bonchev–Trinajstić information content (AvgIpc) is 2.47. The van der Waals surface area contributed by atoms with Crippen molar-refractivity contribution in [1.29, 1.82) is 0 Å². The summed E-state index contributed by atoms with van der Waals surface area (Å²) in [6.45, 7) is 13.0. The monoisotopic (exact) mass is 314 g/mol. The van der Waals surface area contributed by atoms with Gasteiger partial charge in [0.1, 0.15) is 5.60 Å². The van der Waals surface area contributed by atoms with Crippen molar-refractivity contribution in [3.63, 3.8) is 0 Å². The van der Waals surface area contributed by atoms with E-state index in [1.807, 2.05) is 20.8 Å². The Balaban J connectivity index is 0.000000534. The Morgan fingerprint density at radius 1 is 1.27 bits per heavy atom. The third-order valence-electron chi connectivity index (χ3n) is 3.94. The van der Waals surface area contributed by atoms with Crippen LogP contribution >= 0.6 is 0 Å². The maximum absolute atomic E-state index is 12.1. The number of nitrogens with one attached hydrogen (secondary N) is 2. The summed E-state index contributed by atoms with van der Waals surface area (Å²) < 4.78 is 4.55. The molecule has 0 aromatic carbocycles. The quantitative estimate of drug-likeness (QED) is 0.584. The van der Waals surface area contributed by atoms with Gasteiger partial charge in [0, 0.05) is 6.54 Å². The van der Waals surface area contributed by atoms with Crippen LogP contribution in [-0.4, -0.2) is 37.6 Å².